The van der Waals surface area contributed by atoms with Gasteiger partial charge in [-0.25, -0.2) is 0 Å². The Bertz CT molecular complexity index is 286. The molecule has 0 fully saturated rings. The monoisotopic (exact) mass is 334 g/mol. The Morgan fingerprint density at radius 3 is 1.25 bits per heavy atom. The molecule has 0 aliphatic rings. The Labute approximate surface area is 154 Å². The molecule has 0 heteroatoms. The van der Waals surface area contributed by atoms with E-state index in [1.165, 1.54) is 114 Å². The first kappa shape index (κ1) is 23.5. The average molecular weight is 335 g/mol. The lowest BCUT2D eigenvalue weighted by molar-refractivity contribution is 0.531. The van der Waals surface area contributed by atoms with Crippen LogP contribution in [-0.2, 0) is 0 Å². The van der Waals surface area contributed by atoms with E-state index in [2.05, 4.69) is 27.0 Å². The molecule has 24 heavy (non-hydrogen) atoms. The Kier molecular flexibility index (Phi) is 18.4. The summed E-state index contributed by atoms with van der Waals surface area (Å²) in [4.78, 5) is 0. The minimum atomic E-state index is 1.12. The van der Waals surface area contributed by atoms with Crippen LogP contribution in [0.2, 0.25) is 0 Å². The third-order valence-corrected chi connectivity index (χ3v) is 5.04. The fraction of sp³-hybridized carbons (Fsp3) is 0.833. The van der Waals surface area contributed by atoms with Crippen molar-refractivity contribution in [2.24, 2.45) is 0 Å². The standard InChI is InChI=1S/C24H46/c1-5-6-7-8-9-10-11-12-13-14-15-16-17-18-19-20-24(4)22-21-23(2)3/h2,4-22H2,1,3H3. The normalized spacial score (nSPS) is 10.9. The highest BCUT2D eigenvalue weighted by molar-refractivity contribution is 4.99. The van der Waals surface area contributed by atoms with E-state index >= 15 is 0 Å². The second-order valence-electron chi connectivity index (χ2n) is 7.91. The molecule has 0 spiro atoms. The van der Waals surface area contributed by atoms with Gasteiger partial charge < -0.3 is 0 Å². The van der Waals surface area contributed by atoms with Crippen molar-refractivity contribution in [1.29, 1.82) is 0 Å². The zero-order valence-corrected chi connectivity index (χ0v) is 17.1. The lowest BCUT2D eigenvalue weighted by Gasteiger charge is -2.06. The van der Waals surface area contributed by atoms with Crippen LogP contribution in [0.3, 0.4) is 0 Å². The van der Waals surface area contributed by atoms with Crippen LogP contribution in [0.5, 0.6) is 0 Å². The zero-order chi connectivity index (χ0) is 17.9. The lowest BCUT2D eigenvalue weighted by atomic mass is 10.0. The highest BCUT2D eigenvalue weighted by Crippen LogP contribution is 2.17. The average Bonchev–Trinajstić information content (AvgIpc) is 2.56. The Balaban J connectivity index is 3.10. The van der Waals surface area contributed by atoms with Gasteiger partial charge in [0.1, 0.15) is 0 Å². The van der Waals surface area contributed by atoms with Crippen LogP contribution < -0.4 is 0 Å². The highest BCUT2D eigenvalue weighted by atomic mass is 14.0. The topological polar surface area (TPSA) is 0 Å². The van der Waals surface area contributed by atoms with E-state index in [4.69, 9.17) is 0 Å². The maximum atomic E-state index is 4.19. The fourth-order valence-electron chi connectivity index (χ4n) is 3.26. The molecule has 0 saturated carbocycles. The van der Waals surface area contributed by atoms with Gasteiger partial charge in [-0.1, -0.05) is 115 Å². The number of rotatable bonds is 19. The molecule has 0 unspecified atom stereocenters. The number of unbranched alkanes of at least 4 members (excludes halogenated alkanes) is 14. The van der Waals surface area contributed by atoms with Crippen molar-refractivity contribution in [3.05, 3.63) is 24.3 Å². The molecule has 0 aromatic heterocycles. The summed E-state index contributed by atoms with van der Waals surface area (Å²) in [5.41, 5.74) is 2.71. The summed E-state index contributed by atoms with van der Waals surface area (Å²) in [5.74, 6) is 0. The van der Waals surface area contributed by atoms with Crippen LogP contribution in [0.15, 0.2) is 24.3 Å². The predicted octanol–water partition coefficient (Wildman–Crippen LogP) is 9.16. The fourth-order valence-corrected chi connectivity index (χ4v) is 3.26. The van der Waals surface area contributed by atoms with Gasteiger partial charge in [0.15, 0.2) is 0 Å². The minimum Gasteiger partial charge on any atom is -0.100 e. The van der Waals surface area contributed by atoms with E-state index in [1.807, 2.05) is 0 Å². The van der Waals surface area contributed by atoms with Crippen molar-refractivity contribution < 1.29 is 0 Å². The van der Waals surface area contributed by atoms with E-state index in [9.17, 15) is 0 Å². The van der Waals surface area contributed by atoms with Crippen LogP contribution in [-0.4, -0.2) is 0 Å². The van der Waals surface area contributed by atoms with Crippen molar-refractivity contribution in [3.63, 3.8) is 0 Å². The SMILES string of the molecule is C=C(C)CCC(=C)CCCCCCCCCCCCCCCCC. The molecular weight excluding hydrogens is 288 g/mol. The minimum absolute atomic E-state index is 1.12. The number of hydrogen-bond donors (Lipinski definition) is 0. The summed E-state index contributed by atoms with van der Waals surface area (Å²) >= 11 is 0. The van der Waals surface area contributed by atoms with Gasteiger partial charge in [0.05, 0.1) is 0 Å². The number of hydrogen-bond acceptors (Lipinski definition) is 0. The molecule has 0 nitrogen and oxygen atoms in total. The van der Waals surface area contributed by atoms with Gasteiger partial charge in [0, 0.05) is 0 Å². The molecule has 0 aromatic rings. The molecule has 0 aliphatic carbocycles. The van der Waals surface area contributed by atoms with Crippen molar-refractivity contribution in [1.82, 2.24) is 0 Å². The molecule has 0 N–H and O–H groups in total. The summed E-state index contributed by atoms with van der Waals surface area (Å²) in [7, 11) is 0. The van der Waals surface area contributed by atoms with Gasteiger partial charge in [0.2, 0.25) is 0 Å². The third-order valence-electron chi connectivity index (χ3n) is 5.04. The van der Waals surface area contributed by atoms with Gasteiger partial charge in [-0.2, -0.15) is 0 Å². The molecule has 0 atom stereocenters. The van der Waals surface area contributed by atoms with Crippen LogP contribution in [0.1, 0.15) is 129 Å². The summed E-state index contributed by atoms with van der Waals surface area (Å²) in [6.45, 7) is 12.6. The van der Waals surface area contributed by atoms with Gasteiger partial charge in [0.25, 0.3) is 0 Å². The van der Waals surface area contributed by atoms with Crippen LogP contribution in [0, 0.1) is 0 Å². The molecule has 0 aromatic carbocycles. The predicted molar refractivity (Wildman–Crippen MR) is 113 cm³/mol. The van der Waals surface area contributed by atoms with E-state index in [1.54, 1.807) is 0 Å². The highest BCUT2D eigenvalue weighted by Gasteiger charge is 1.97. The summed E-state index contributed by atoms with van der Waals surface area (Å²) in [6, 6.07) is 0. The molecule has 0 rings (SSSR count). The third kappa shape index (κ3) is 19.5. The summed E-state index contributed by atoms with van der Waals surface area (Å²) in [6.07, 6.45) is 25.1. The van der Waals surface area contributed by atoms with Crippen molar-refractivity contribution in [2.75, 3.05) is 0 Å². The Morgan fingerprint density at radius 1 is 0.500 bits per heavy atom. The second kappa shape index (κ2) is 18.8. The van der Waals surface area contributed by atoms with Gasteiger partial charge in [-0.3, -0.25) is 0 Å². The molecule has 0 amide bonds. The second-order valence-corrected chi connectivity index (χ2v) is 7.91. The molecular formula is C24H46. The molecule has 0 radical (unpaired) electrons. The summed E-state index contributed by atoms with van der Waals surface area (Å²) < 4.78 is 0. The van der Waals surface area contributed by atoms with E-state index in [0.717, 1.165) is 12.8 Å². The Morgan fingerprint density at radius 2 is 0.875 bits per heavy atom. The van der Waals surface area contributed by atoms with E-state index < -0.39 is 0 Å². The zero-order valence-electron chi connectivity index (χ0n) is 17.1. The quantitative estimate of drug-likeness (QED) is 0.163. The van der Waals surface area contributed by atoms with Gasteiger partial charge >= 0.3 is 0 Å². The van der Waals surface area contributed by atoms with Crippen molar-refractivity contribution >= 4 is 0 Å². The number of allylic oxidation sites excluding steroid dienone is 2. The van der Waals surface area contributed by atoms with Crippen LogP contribution in [0.4, 0.5) is 0 Å². The van der Waals surface area contributed by atoms with Crippen molar-refractivity contribution in [3.8, 4) is 0 Å². The smallest absolute Gasteiger partial charge is 0.0286 e. The molecule has 0 saturated heterocycles. The summed E-state index contributed by atoms with van der Waals surface area (Å²) in [5, 5.41) is 0. The van der Waals surface area contributed by atoms with Gasteiger partial charge in [-0.15, -0.1) is 6.58 Å². The molecule has 0 aliphatic heterocycles. The van der Waals surface area contributed by atoms with Gasteiger partial charge in [-0.05, 0) is 32.6 Å². The first-order valence-corrected chi connectivity index (χ1v) is 11.0. The lowest BCUT2D eigenvalue weighted by Crippen LogP contribution is -1.86. The first-order valence-electron chi connectivity index (χ1n) is 11.0. The van der Waals surface area contributed by atoms with Crippen LogP contribution >= 0.6 is 0 Å². The molecule has 0 heterocycles. The molecule has 0 bridgehead atoms. The maximum Gasteiger partial charge on any atom is -0.0286 e. The first-order chi connectivity index (χ1) is 11.7. The largest absolute Gasteiger partial charge is 0.100 e. The molecule has 142 valence electrons. The maximum absolute atomic E-state index is 4.19. The Hall–Kier alpha value is -0.520. The van der Waals surface area contributed by atoms with Crippen LogP contribution in [0.25, 0.3) is 0 Å². The van der Waals surface area contributed by atoms with Crippen molar-refractivity contribution in [2.45, 2.75) is 129 Å². The van der Waals surface area contributed by atoms with E-state index in [0.29, 0.717) is 0 Å². The van der Waals surface area contributed by atoms with E-state index in [-0.39, 0.29) is 0 Å².